The lowest BCUT2D eigenvalue weighted by Gasteiger charge is -2.28. The van der Waals surface area contributed by atoms with E-state index >= 15 is 0 Å². The van der Waals surface area contributed by atoms with Crippen LogP contribution in [0.4, 0.5) is 0 Å². The third-order valence-corrected chi connectivity index (χ3v) is 5.03. The van der Waals surface area contributed by atoms with Crippen molar-refractivity contribution in [2.75, 3.05) is 19.8 Å². The molecule has 1 fully saturated rings. The van der Waals surface area contributed by atoms with Crippen LogP contribution in [0.3, 0.4) is 0 Å². The van der Waals surface area contributed by atoms with Gasteiger partial charge in [-0.05, 0) is 43.4 Å². The van der Waals surface area contributed by atoms with Crippen molar-refractivity contribution in [3.63, 3.8) is 0 Å². The Morgan fingerprint density at radius 1 is 1.29 bits per heavy atom. The highest BCUT2D eigenvalue weighted by Crippen LogP contribution is 2.52. The second kappa shape index (κ2) is 6.49. The third-order valence-electron chi connectivity index (χ3n) is 5.03. The zero-order chi connectivity index (χ0) is 15.5. The first kappa shape index (κ1) is 16.5. The lowest BCUT2D eigenvalue weighted by Crippen LogP contribution is -2.34. The average molecular weight is 296 g/mol. The average Bonchev–Trinajstić information content (AvgIpc) is 3.03. The van der Waals surface area contributed by atoms with E-state index in [9.17, 15) is 4.79 Å². The second-order valence-electron chi connectivity index (χ2n) is 7.35. The summed E-state index contributed by atoms with van der Waals surface area (Å²) in [6.07, 6.45) is 7.43. The maximum absolute atomic E-state index is 12.2. The molecule has 1 saturated carbocycles. The fourth-order valence-electron chi connectivity index (χ4n) is 3.02. The Morgan fingerprint density at radius 2 is 2.05 bits per heavy atom. The first-order valence-corrected chi connectivity index (χ1v) is 7.97. The topological polar surface area (TPSA) is 44.8 Å². The summed E-state index contributed by atoms with van der Waals surface area (Å²) in [5, 5.41) is 0. The van der Waals surface area contributed by atoms with Gasteiger partial charge in [-0.2, -0.15) is 0 Å². The number of hydrogen-bond acceptors (Lipinski definition) is 4. The van der Waals surface area contributed by atoms with Gasteiger partial charge in [-0.3, -0.25) is 4.79 Å². The molecule has 2 bridgehead atoms. The Bertz CT molecular complexity index is 402. The van der Waals surface area contributed by atoms with Crippen LogP contribution in [0.25, 0.3) is 0 Å². The summed E-state index contributed by atoms with van der Waals surface area (Å²) in [4.78, 5) is 22.5. The first-order valence-electron chi connectivity index (χ1n) is 7.97. The predicted octanol–water partition coefficient (Wildman–Crippen LogP) is 3.52. The summed E-state index contributed by atoms with van der Waals surface area (Å²) < 4.78 is 5.36. The maximum atomic E-state index is 12.2. The van der Waals surface area contributed by atoms with E-state index < -0.39 is 0 Å². The Kier molecular flexibility index (Phi) is 5.10. The van der Waals surface area contributed by atoms with E-state index in [1.165, 1.54) is 0 Å². The summed E-state index contributed by atoms with van der Waals surface area (Å²) in [5.41, 5.74) is -0.232. The van der Waals surface area contributed by atoms with Crippen LogP contribution in [-0.4, -0.2) is 25.8 Å². The quantitative estimate of drug-likeness (QED) is 0.226. The zero-order valence-electron chi connectivity index (χ0n) is 13.7. The van der Waals surface area contributed by atoms with Gasteiger partial charge in [-0.1, -0.05) is 32.9 Å². The molecule has 0 aromatic carbocycles. The smallest absolute Gasteiger partial charge is 0.312 e. The van der Waals surface area contributed by atoms with Crippen LogP contribution in [0, 0.1) is 22.7 Å². The van der Waals surface area contributed by atoms with E-state index in [4.69, 9.17) is 14.5 Å². The van der Waals surface area contributed by atoms with E-state index in [1.54, 1.807) is 0 Å². The summed E-state index contributed by atoms with van der Waals surface area (Å²) in [5.74, 6) is 0.803. The van der Waals surface area contributed by atoms with Crippen LogP contribution in [0.15, 0.2) is 12.2 Å². The van der Waals surface area contributed by atoms with E-state index in [2.05, 4.69) is 32.9 Å². The molecule has 0 spiro atoms. The number of rotatable bonds is 8. The van der Waals surface area contributed by atoms with E-state index in [-0.39, 0.29) is 30.0 Å². The van der Waals surface area contributed by atoms with Crippen LogP contribution >= 0.6 is 0 Å². The lowest BCUT2D eigenvalue weighted by molar-refractivity contribution is -0.311. The van der Waals surface area contributed by atoms with Gasteiger partial charge in [0.25, 0.3) is 0 Å². The van der Waals surface area contributed by atoms with Crippen molar-refractivity contribution in [3.05, 3.63) is 12.2 Å². The molecule has 2 aliphatic rings. The molecule has 2 rings (SSSR count). The largest absolute Gasteiger partial charge is 0.463 e. The Hall–Kier alpha value is -0.870. The number of esters is 1. The van der Waals surface area contributed by atoms with Gasteiger partial charge in [0.05, 0.1) is 12.0 Å². The van der Waals surface area contributed by atoms with Gasteiger partial charge in [0, 0.05) is 0 Å². The molecular formula is C17H28O4. The molecule has 0 aromatic rings. The zero-order valence-corrected chi connectivity index (χ0v) is 13.7. The minimum atomic E-state index is -0.343. The van der Waals surface area contributed by atoms with Crippen molar-refractivity contribution in [3.8, 4) is 0 Å². The van der Waals surface area contributed by atoms with Gasteiger partial charge in [0.15, 0.2) is 0 Å². The molecule has 0 heterocycles. The summed E-state index contributed by atoms with van der Waals surface area (Å²) in [7, 11) is 0. The highest BCUT2D eigenvalue weighted by atomic mass is 17.2. The normalized spacial score (nSPS) is 30.9. The minimum Gasteiger partial charge on any atom is -0.463 e. The molecule has 0 aromatic heterocycles. The first-order chi connectivity index (χ1) is 9.87. The fourth-order valence-corrected chi connectivity index (χ4v) is 3.02. The van der Waals surface area contributed by atoms with Crippen molar-refractivity contribution >= 4 is 5.97 Å². The maximum Gasteiger partial charge on any atom is 0.312 e. The molecule has 120 valence electrons. The standard InChI is InChI=1S/C17H28O4/c1-5-16(2,3)12-21-20-9-8-19-15(18)17(4)11-13-6-7-14(17)10-13/h6-7,13-14H,5,8-12H2,1-4H3. The second-order valence-corrected chi connectivity index (χ2v) is 7.35. The molecule has 0 saturated heterocycles. The molecule has 0 radical (unpaired) electrons. The molecule has 21 heavy (non-hydrogen) atoms. The number of ether oxygens (including phenoxy) is 1. The molecular weight excluding hydrogens is 268 g/mol. The highest BCUT2D eigenvalue weighted by Gasteiger charge is 2.50. The summed E-state index contributed by atoms with van der Waals surface area (Å²) in [6, 6.07) is 0. The SMILES string of the molecule is CCC(C)(C)COOCCOC(=O)C1(C)CC2C=CC1C2. The monoisotopic (exact) mass is 296 g/mol. The Labute approximate surface area is 127 Å². The van der Waals surface area contributed by atoms with Crippen molar-refractivity contribution in [2.45, 2.75) is 47.0 Å². The highest BCUT2D eigenvalue weighted by molar-refractivity contribution is 5.78. The Balaban J connectivity index is 1.61. The van der Waals surface area contributed by atoms with Crippen LogP contribution in [-0.2, 0) is 19.3 Å². The van der Waals surface area contributed by atoms with E-state index in [0.717, 1.165) is 19.3 Å². The number of fused-ring (bicyclic) bond motifs is 2. The number of hydrogen-bond donors (Lipinski definition) is 0. The van der Waals surface area contributed by atoms with Gasteiger partial charge in [0.2, 0.25) is 0 Å². The van der Waals surface area contributed by atoms with Crippen molar-refractivity contribution in [1.29, 1.82) is 0 Å². The molecule has 3 atom stereocenters. The summed E-state index contributed by atoms with van der Waals surface area (Å²) in [6.45, 7) is 9.47. The van der Waals surface area contributed by atoms with Gasteiger partial charge >= 0.3 is 5.97 Å². The molecule has 0 aliphatic heterocycles. The van der Waals surface area contributed by atoms with Gasteiger partial charge in [-0.15, -0.1) is 0 Å². The molecule has 0 N–H and O–H groups in total. The molecule has 4 nitrogen and oxygen atoms in total. The van der Waals surface area contributed by atoms with Crippen LogP contribution in [0.2, 0.25) is 0 Å². The van der Waals surface area contributed by atoms with E-state index in [0.29, 0.717) is 18.4 Å². The molecule has 3 unspecified atom stereocenters. The number of allylic oxidation sites excluding steroid dienone is 2. The van der Waals surface area contributed by atoms with Gasteiger partial charge in [0.1, 0.15) is 13.2 Å². The molecule has 2 aliphatic carbocycles. The van der Waals surface area contributed by atoms with Crippen LogP contribution in [0.1, 0.15) is 47.0 Å². The minimum absolute atomic E-state index is 0.100. The van der Waals surface area contributed by atoms with Crippen LogP contribution < -0.4 is 0 Å². The fraction of sp³-hybridized carbons (Fsp3) is 0.824. The molecule has 0 amide bonds. The Morgan fingerprint density at radius 3 is 2.62 bits per heavy atom. The molecule has 4 heteroatoms. The van der Waals surface area contributed by atoms with Crippen LogP contribution in [0.5, 0.6) is 0 Å². The predicted molar refractivity (Wildman–Crippen MR) is 80.4 cm³/mol. The summed E-state index contributed by atoms with van der Waals surface area (Å²) >= 11 is 0. The van der Waals surface area contributed by atoms with E-state index in [1.807, 2.05) is 6.92 Å². The van der Waals surface area contributed by atoms with Gasteiger partial charge in [-0.25, -0.2) is 9.78 Å². The third kappa shape index (κ3) is 3.86. The van der Waals surface area contributed by atoms with Crippen molar-refractivity contribution < 1.29 is 19.3 Å². The number of carbonyl (C=O) groups is 1. The van der Waals surface area contributed by atoms with Crippen molar-refractivity contribution in [2.24, 2.45) is 22.7 Å². The van der Waals surface area contributed by atoms with Crippen molar-refractivity contribution in [1.82, 2.24) is 0 Å². The lowest BCUT2D eigenvalue weighted by atomic mass is 9.78. The number of carbonyl (C=O) groups excluding carboxylic acids is 1. The van der Waals surface area contributed by atoms with Gasteiger partial charge < -0.3 is 4.74 Å².